The minimum atomic E-state index is -4.47. The lowest BCUT2D eigenvalue weighted by molar-refractivity contribution is -0.142. The van der Waals surface area contributed by atoms with Crippen LogP contribution >= 0.6 is 0 Å². The summed E-state index contributed by atoms with van der Waals surface area (Å²) < 4.78 is 50.4. The molecule has 4 atom stereocenters. The molecule has 4 N–H and O–H groups in total. The lowest BCUT2D eigenvalue weighted by Crippen LogP contribution is -2.47. The summed E-state index contributed by atoms with van der Waals surface area (Å²) in [4.78, 5) is 29.1. The summed E-state index contributed by atoms with van der Waals surface area (Å²) in [5.41, 5.74) is 1.52. The van der Waals surface area contributed by atoms with Gasteiger partial charge in [-0.2, -0.15) is 13.2 Å². The van der Waals surface area contributed by atoms with E-state index in [-0.39, 0.29) is 30.5 Å². The van der Waals surface area contributed by atoms with E-state index >= 15 is 0 Å². The third-order valence-corrected chi connectivity index (χ3v) is 6.85. The fourth-order valence-corrected chi connectivity index (χ4v) is 4.99. The Bertz CT molecular complexity index is 1350. The molecule has 210 valence electrons. The lowest BCUT2D eigenvalue weighted by atomic mass is 9.84. The van der Waals surface area contributed by atoms with E-state index in [4.69, 9.17) is 9.47 Å². The third kappa shape index (κ3) is 6.35. The van der Waals surface area contributed by atoms with E-state index in [2.05, 4.69) is 20.9 Å². The Balaban J connectivity index is 1.22. The highest BCUT2D eigenvalue weighted by Gasteiger charge is 2.46. The van der Waals surface area contributed by atoms with Crippen LogP contribution in [-0.2, 0) is 22.3 Å². The Morgan fingerprint density at radius 2 is 1.80 bits per heavy atom. The van der Waals surface area contributed by atoms with Crippen LogP contribution in [0.4, 0.5) is 29.3 Å². The van der Waals surface area contributed by atoms with Gasteiger partial charge >= 0.3 is 12.2 Å². The number of urea groups is 1. The molecule has 0 spiro atoms. The number of pyridine rings is 1. The fraction of sp³-hybridized carbons (Fsp3) is 0.321. The van der Waals surface area contributed by atoms with E-state index in [0.29, 0.717) is 24.4 Å². The first kappa shape index (κ1) is 27.4. The van der Waals surface area contributed by atoms with Crippen LogP contribution in [0.1, 0.15) is 35.4 Å². The first-order chi connectivity index (χ1) is 19.2. The molecule has 2 aliphatic heterocycles. The molecule has 1 aromatic heterocycles. The number of alkyl halides is 3. The zero-order valence-electron chi connectivity index (χ0n) is 21.1. The summed E-state index contributed by atoms with van der Waals surface area (Å²) in [6, 6.07) is 12.2. The summed E-state index contributed by atoms with van der Waals surface area (Å²) >= 11 is 0. The highest BCUT2D eigenvalue weighted by atomic mass is 19.4. The van der Waals surface area contributed by atoms with E-state index in [9.17, 15) is 27.9 Å². The number of aliphatic hydroxyl groups excluding tert-OH is 1. The first-order valence-electron chi connectivity index (χ1n) is 12.7. The summed E-state index contributed by atoms with van der Waals surface area (Å²) in [6.07, 6.45) is -2.12. The Morgan fingerprint density at radius 1 is 1.05 bits per heavy atom. The van der Waals surface area contributed by atoms with E-state index in [0.717, 1.165) is 23.3 Å². The summed E-state index contributed by atoms with van der Waals surface area (Å²) in [6.45, 7) is 0.0496. The molecule has 2 aliphatic rings. The Kier molecular flexibility index (Phi) is 7.90. The van der Waals surface area contributed by atoms with Crippen molar-refractivity contribution in [3.63, 3.8) is 0 Å². The molecule has 3 aromatic rings. The maximum absolute atomic E-state index is 12.8. The van der Waals surface area contributed by atoms with Gasteiger partial charge in [0.15, 0.2) is 0 Å². The number of rotatable bonds is 7. The highest BCUT2D eigenvalue weighted by Crippen LogP contribution is 2.47. The van der Waals surface area contributed by atoms with Crippen molar-refractivity contribution in [1.29, 1.82) is 0 Å². The third-order valence-electron chi connectivity index (χ3n) is 6.85. The molecule has 0 bridgehead atoms. The summed E-state index contributed by atoms with van der Waals surface area (Å²) in [5.74, 6) is 0.211. The number of halogens is 3. The van der Waals surface area contributed by atoms with Crippen LogP contribution in [0.15, 0.2) is 67.0 Å². The van der Waals surface area contributed by atoms with E-state index in [1.54, 1.807) is 36.7 Å². The number of benzene rings is 2. The summed E-state index contributed by atoms with van der Waals surface area (Å²) in [7, 11) is 0. The zero-order chi connectivity index (χ0) is 28.3. The molecule has 1 saturated heterocycles. The number of nitrogens with zero attached hydrogens (tertiary/aromatic N) is 1. The first-order valence-corrected chi connectivity index (χ1v) is 12.7. The second kappa shape index (κ2) is 11.5. The topological polar surface area (TPSA) is 122 Å². The highest BCUT2D eigenvalue weighted by molar-refractivity contribution is 5.99. The van der Waals surface area contributed by atoms with Crippen LogP contribution in [0.5, 0.6) is 5.75 Å². The number of ether oxygens (including phenoxy) is 2. The standard InChI is InChI=1S/C28H27F3N4O5/c29-28(30,31)17-3-5-18(6-4-17)34-27(38)35-19-7-8-23-21(10-19)22-11-20(39-24(15-36)26(22)40-23)12-25(37)33-14-16-2-1-9-32-13-16/h1-10,13,20,22,24,26,36H,11-12,14-15H2,(H,33,37)(H2,34,35,38)/t20-,22+,24+,26-/m0/s1. The van der Waals surface area contributed by atoms with Crippen molar-refractivity contribution in [3.8, 4) is 5.75 Å². The molecule has 9 nitrogen and oxygen atoms in total. The van der Waals surface area contributed by atoms with Gasteiger partial charge in [0.1, 0.15) is 18.0 Å². The van der Waals surface area contributed by atoms with Gasteiger partial charge in [0, 0.05) is 41.8 Å². The second-order valence-electron chi connectivity index (χ2n) is 9.65. The SMILES string of the molecule is O=C(C[C@@H]1C[C@@H]2c3cc(NC(=O)Nc4ccc(C(F)(F)F)cc4)ccc3O[C@@H]2[C@@H](CO)O1)NCc1cccnc1. The molecule has 40 heavy (non-hydrogen) atoms. The fourth-order valence-electron chi connectivity index (χ4n) is 4.99. The molecular formula is C28H27F3N4O5. The number of hydrogen-bond acceptors (Lipinski definition) is 6. The van der Waals surface area contributed by atoms with E-state index in [1.165, 1.54) is 12.1 Å². The van der Waals surface area contributed by atoms with Crippen molar-refractivity contribution in [1.82, 2.24) is 10.3 Å². The van der Waals surface area contributed by atoms with Crippen molar-refractivity contribution < 1.29 is 37.3 Å². The molecule has 0 radical (unpaired) electrons. The minimum absolute atomic E-state index is 0.1000. The monoisotopic (exact) mass is 556 g/mol. The molecule has 0 unspecified atom stereocenters. The van der Waals surface area contributed by atoms with Crippen molar-refractivity contribution in [2.24, 2.45) is 0 Å². The van der Waals surface area contributed by atoms with E-state index < -0.39 is 36.1 Å². The Hall–Kier alpha value is -4.16. The van der Waals surface area contributed by atoms with Crippen molar-refractivity contribution >= 4 is 23.3 Å². The Morgan fingerprint density at radius 3 is 2.50 bits per heavy atom. The maximum Gasteiger partial charge on any atom is 0.416 e. The number of aliphatic hydroxyl groups is 1. The number of carbonyl (C=O) groups is 2. The lowest BCUT2D eigenvalue weighted by Gasteiger charge is -2.37. The van der Waals surface area contributed by atoms with Gasteiger partial charge in [-0.1, -0.05) is 6.07 Å². The quantitative estimate of drug-likeness (QED) is 0.341. The maximum atomic E-state index is 12.8. The molecule has 0 aliphatic carbocycles. The number of hydrogen-bond donors (Lipinski definition) is 4. The van der Waals surface area contributed by atoms with Gasteiger partial charge in [0.25, 0.3) is 0 Å². The number of fused-ring (bicyclic) bond motifs is 3. The molecule has 2 aromatic carbocycles. The van der Waals surface area contributed by atoms with Gasteiger partial charge in [-0.05, 0) is 60.5 Å². The molecule has 3 heterocycles. The smallest absolute Gasteiger partial charge is 0.416 e. The normalized spacial score (nSPS) is 21.5. The molecule has 5 rings (SSSR count). The van der Waals surface area contributed by atoms with Gasteiger partial charge in [-0.3, -0.25) is 9.78 Å². The largest absolute Gasteiger partial charge is 0.487 e. The van der Waals surface area contributed by atoms with Crippen LogP contribution in [0.2, 0.25) is 0 Å². The van der Waals surface area contributed by atoms with Crippen LogP contribution in [-0.4, -0.2) is 46.9 Å². The molecule has 12 heteroatoms. The number of amides is 3. The number of anilines is 2. The second-order valence-corrected chi connectivity index (χ2v) is 9.65. The van der Waals surface area contributed by atoms with Gasteiger partial charge < -0.3 is 30.5 Å². The average Bonchev–Trinajstić information content (AvgIpc) is 3.30. The molecule has 3 amide bonds. The minimum Gasteiger partial charge on any atom is -0.487 e. The van der Waals surface area contributed by atoms with Crippen LogP contribution in [0.3, 0.4) is 0 Å². The number of aromatic nitrogens is 1. The molecule has 1 fully saturated rings. The number of nitrogens with one attached hydrogen (secondary N) is 3. The van der Waals surface area contributed by atoms with Gasteiger partial charge in [-0.15, -0.1) is 0 Å². The predicted molar refractivity (Wildman–Crippen MR) is 139 cm³/mol. The average molecular weight is 557 g/mol. The molecular weight excluding hydrogens is 529 g/mol. The van der Waals surface area contributed by atoms with E-state index in [1.807, 2.05) is 6.07 Å². The van der Waals surface area contributed by atoms with Gasteiger partial charge in [0.05, 0.1) is 24.7 Å². The van der Waals surface area contributed by atoms with Crippen LogP contribution in [0, 0.1) is 0 Å². The Labute approximate surface area is 227 Å². The zero-order valence-corrected chi connectivity index (χ0v) is 21.1. The summed E-state index contributed by atoms with van der Waals surface area (Å²) in [5, 5.41) is 18.0. The van der Waals surface area contributed by atoms with Gasteiger partial charge in [0.2, 0.25) is 5.91 Å². The predicted octanol–water partition coefficient (Wildman–Crippen LogP) is 4.45. The number of carbonyl (C=O) groups excluding carboxylic acids is 2. The van der Waals surface area contributed by atoms with Crippen molar-refractivity contribution in [2.45, 2.75) is 49.8 Å². The van der Waals surface area contributed by atoms with Crippen LogP contribution in [0.25, 0.3) is 0 Å². The van der Waals surface area contributed by atoms with Crippen molar-refractivity contribution in [3.05, 3.63) is 83.7 Å². The van der Waals surface area contributed by atoms with Gasteiger partial charge in [-0.25, -0.2) is 4.79 Å². The molecule has 0 saturated carbocycles. The van der Waals surface area contributed by atoms with Crippen molar-refractivity contribution in [2.75, 3.05) is 17.2 Å². The van der Waals surface area contributed by atoms with Crippen LogP contribution < -0.4 is 20.7 Å².